The van der Waals surface area contributed by atoms with Crippen LogP contribution in [0.5, 0.6) is 0 Å². The minimum absolute atomic E-state index is 0. The summed E-state index contributed by atoms with van der Waals surface area (Å²) in [5.74, 6) is 0. The van der Waals surface area contributed by atoms with Crippen LogP contribution in [0.2, 0.25) is 0 Å². The van der Waals surface area contributed by atoms with Crippen LogP contribution in [0.15, 0.2) is 0 Å². The Morgan fingerprint density at radius 1 is 1.17 bits per heavy atom. The summed E-state index contributed by atoms with van der Waals surface area (Å²) in [4.78, 5) is 16.2. The monoisotopic (exact) mass is 83.0 g/mol. The van der Waals surface area contributed by atoms with Crippen LogP contribution in [0.4, 0.5) is 0 Å². The van der Waals surface area contributed by atoms with E-state index in [4.69, 9.17) is 9.59 Å². The molecule has 0 unspecified atom stereocenters. The minimum atomic E-state index is 0. The molecule has 0 rings (SSSR count). The van der Waals surface area contributed by atoms with Gasteiger partial charge < -0.3 is 11.6 Å². The van der Waals surface area contributed by atoms with Crippen LogP contribution >= 0.6 is 0 Å². The normalized spacial score (nSPS) is 1.33. The van der Waals surface area contributed by atoms with Gasteiger partial charge in [-0.25, -0.2) is 0 Å². The molecule has 0 bridgehead atoms. The van der Waals surface area contributed by atoms with Crippen molar-refractivity contribution in [1.29, 1.82) is 0 Å². The molecule has 0 fully saturated rings. The molecule has 0 spiro atoms. The van der Waals surface area contributed by atoms with Gasteiger partial charge in [0.25, 0.3) is 0 Å². The van der Waals surface area contributed by atoms with Gasteiger partial charge in [0.2, 0.25) is 0 Å². The van der Waals surface area contributed by atoms with Crippen molar-refractivity contribution >= 4 is 6.15 Å². The predicted molar refractivity (Wildman–Crippen MR) is 13.6 cm³/mol. The largest absolute Gasteiger partial charge is 0.412 e. The van der Waals surface area contributed by atoms with Crippen LogP contribution in [0.25, 0.3) is 0 Å². The van der Waals surface area contributed by atoms with Gasteiger partial charge in [-0.15, -0.1) is 0 Å². The maximum atomic E-state index is 8.12. The molecule has 0 aliphatic carbocycles. The molecule has 0 aliphatic rings. The molecule has 4 nitrogen and oxygen atoms in total. The summed E-state index contributed by atoms with van der Waals surface area (Å²) in [5.41, 5.74) is 0. The molecule has 0 atom stereocenters. The first-order chi connectivity index (χ1) is 1.41. The number of carbonyl (C=O) groups excluding carboxylic acids is 2. The van der Waals surface area contributed by atoms with Crippen molar-refractivity contribution in [2.75, 3.05) is 0 Å². The summed E-state index contributed by atoms with van der Waals surface area (Å²) in [5, 5.41) is 0. The van der Waals surface area contributed by atoms with Crippen molar-refractivity contribution in [3.05, 3.63) is 0 Å². The molecule has 0 amide bonds. The summed E-state index contributed by atoms with van der Waals surface area (Å²) in [7, 11) is 0. The van der Waals surface area contributed by atoms with E-state index in [-0.39, 0.29) is 23.9 Å². The molecule has 0 aromatic rings. The van der Waals surface area contributed by atoms with E-state index in [9.17, 15) is 0 Å². The predicted octanol–water partition coefficient (Wildman–Crippen LogP) is -1.25. The fourth-order valence-electron chi connectivity index (χ4n) is 0. The average molecular weight is 83.1 g/mol. The zero-order chi connectivity index (χ0) is 2.71. The van der Waals surface area contributed by atoms with Crippen molar-refractivity contribution in [3.8, 4) is 0 Å². The second-order valence-electron chi connectivity index (χ2n) is 0.0833. The summed E-state index contributed by atoms with van der Waals surface area (Å²) < 4.78 is 0. The van der Waals surface area contributed by atoms with Gasteiger partial charge in [0, 0.05) is 6.15 Å². The number of hydrogen-bond acceptors (Lipinski definition) is 3. The third-order valence-corrected chi connectivity index (χ3v) is 0. The van der Waals surface area contributed by atoms with E-state index < -0.39 is 0 Å². The zero-order valence-electron chi connectivity index (χ0n) is 3.23. The zero-order valence-corrected chi connectivity index (χ0v) is 3.23. The van der Waals surface area contributed by atoms with Gasteiger partial charge in [-0.3, -0.25) is 0 Å². The smallest absolute Gasteiger partial charge is 0.373 e. The maximum absolute atomic E-state index is 8.12. The van der Waals surface area contributed by atoms with Crippen LogP contribution in [-0.4, -0.2) is 11.6 Å². The molecular formula is CH5HeNO3. The van der Waals surface area contributed by atoms with Gasteiger partial charge in [-0.05, 0) is 0 Å². The molecule has 0 aliphatic heterocycles. The fraction of sp³-hybridized carbons (Fsp3) is 0. The standard InChI is InChI=1S/CO2.He.H3N.H2O/c2-1-3;;;/h;;1H3;1H2. The van der Waals surface area contributed by atoms with Gasteiger partial charge in [0.1, 0.15) is 0 Å². The van der Waals surface area contributed by atoms with Crippen molar-refractivity contribution < 1.29 is 21.2 Å². The Hall–Kier alpha value is -0.791. The number of hydrogen-bond donors (Lipinski definition) is 1. The first-order valence-electron chi connectivity index (χ1n) is 0.408. The van der Waals surface area contributed by atoms with E-state index in [2.05, 4.69) is 0 Å². The molecule has 0 saturated carbocycles. The van der Waals surface area contributed by atoms with E-state index in [1.165, 1.54) is 0 Å². The Morgan fingerprint density at radius 3 is 1.17 bits per heavy atom. The SMILES string of the molecule is N.O.O=C=O.[He]. The first kappa shape index (κ1) is 63.1. The van der Waals surface area contributed by atoms with Crippen LogP contribution in [0.3, 0.4) is 0 Å². The van der Waals surface area contributed by atoms with Gasteiger partial charge in [-0.2, -0.15) is 9.59 Å². The average Bonchev–Trinajstić information content (AvgIpc) is 0.918. The topological polar surface area (TPSA) is 101 Å². The Kier molecular flexibility index (Phi) is 10400. The van der Waals surface area contributed by atoms with Crippen molar-refractivity contribution in [2.45, 2.75) is 0 Å². The van der Waals surface area contributed by atoms with E-state index in [1.807, 2.05) is 0 Å². The van der Waals surface area contributed by atoms with E-state index >= 15 is 0 Å². The van der Waals surface area contributed by atoms with Crippen LogP contribution in [0.1, 0.15) is 0 Å². The minimum Gasteiger partial charge on any atom is -0.412 e. The molecule has 6 heavy (non-hydrogen) atoms. The molecule has 0 aromatic heterocycles. The molecule has 0 radical (unpaired) electrons. The number of rotatable bonds is 0. The van der Waals surface area contributed by atoms with Gasteiger partial charge >= 0.3 is 6.15 Å². The molecule has 0 aromatic carbocycles. The maximum Gasteiger partial charge on any atom is 0.373 e. The molecule has 0 heterocycles. The van der Waals surface area contributed by atoms with Gasteiger partial charge in [0.05, 0.1) is 0 Å². The second kappa shape index (κ2) is 991. The summed E-state index contributed by atoms with van der Waals surface area (Å²) in [6, 6.07) is 0. The van der Waals surface area contributed by atoms with E-state index in [1.54, 1.807) is 0 Å². The molecule has 5 heteroatoms. The fourth-order valence-corrected chi connectivity index (χ4v) is 0. The van der Waals surface area contributed by atoms with E-state index in [0.717, 1.165) is 0 Å². The van der Waals surface area contributed by atoms with Gasteiger partial charge in [0.15, 0.2) is 0 Å². The quantitative estimate of drug-likeness (QED) is 0.396. The third-order valence-electron chi connectivity index (χ3n) is 0. The van der Waals surface area contributed by atoms with Crippen molar-refractivity contribution in [2.24, 2.45) is 0 Å². The third kappa shape index (κ3) is 25.0. The van der Waals surface area contributed by atoms with Gasteiger partial charge in [-0.1, -0.05) is 0 Å². The summed E-state index contributed by atoms with van der Waals surface area (Å²) >= 11 is 0. The molecule has 34 valence electrons. The first-order valence-corrected chi connectivity index (χ1v) is 0.408. The second-order valence-corrected chi connectivity index (χ2v) is 0.0833. The summed E-state index contributed by atoms with van der Waals surface area (Å²) in [6.07, 6.45) is 0.250. The van der Waals surface area contributed by atoms with Crippen LogP contribution in [0, 0.1) is 6.15 Å². The van der Waals surface area contributed by atoms with Crippen LogP contribution < -0.4 is 6.15 Å². The van der Waals surface area contributed by atoms with Crippen molar-refractivity contribution in [3.63, 3.8) is 0 Å². The molecule has 5 N–H and O–H groups in total. The molecular weight excluding hydrogens is 78.0 g/mol. The Morgan fingerprint density at radius 2 is 1.17 bits per heavy atom. The van der Waals surface area contributed by atoms with Crippen molar-refractivity contribution in [1.82, 2.24) is 6.15 Å². The molecule has 0 saturated heterocycles. The Labute approximate surface area is 34.8 Å². The Bertz CT molecular complexity index is 31.8. The Balaban J connectivity index is -0.00000000667. The van der Waals surface area contributed by atoms with Crippen LogP contribution in [-0.2, 0) is 9.59 Å². The summed E-state index contributed by atoms with van der Waals surface area (Å²) in [6.45, 7) is 0. The van der Waals surface area contributed by atoms with E-state index in [0.29, 0.717) is 0 Å².